The normalized spacial score (nSPS) is 11.7. The van der Waals surface area contributed by atoms with Crippen LogP contribution in [0, 0.1) is 13.8 Å². The number of carbonyl (C=O) groups excluding carboxylic acids is 1. The number of Topliss-reactive ketones (excluding diaryl/α,β-unsaturated/α-hetero) is 1. The molecule has 0 N–H and O–H groups in total. The Kier molecular flexibility index (Phi) is 4.23. The molecule has 0 unspecified atom stereocenters. The molecule has 2 aromatic rings. The van der Waals surface area contributed by atoms with Crippen molar-refractivity contribution >= 4 is 17.1 Å². The number of rotatable bonds is 3. The van der Waals surface area contributed by atoms with Gasteiger partial charge in [0.15, 0.2) is 0 Å². The Bertz CT molecular complexity index is 683. The molecular weight excluding hydrogens is 282 g/mol. The summed E-state index contributed by atoms with van der Waals surface area (Å²) in [5.74, 6) is 0.961. The third-order valence-electron chi connectivity index (χ3n) is 3.00. The highest BCUT2D eigenvalue weighted by Crippen LogP contribution is 2.31. The van der Waals surface area contributed by atoms with E-state index in [1.807, 2.05) is 19.9 Å². The predicted octanol–water partition coefficient (Wildman–Crippen LogP) is 3.65. The Morgan fingerprint density at radius 3 is 2.43 bits per heavy atom. The minimum absolute atomic E-state index is 0.0957. The average molecular weight is 303 g/mol. The first-order chi connectivity index (χ1) is 9.66. The standard InChI is InChI=1S/C16H21N3OS/c1-9-7-12(19-15(17-9)16(4,5)6)14-11(3)18-13(21-14)8-10(2)20/h7H,8H2,1-6H3. The van der Waals surface area contributed by atoms with E-state index in [9.17, 15) is 4.79 Å². The molecule has 0 aliphatic heterocycles. The van der Waals surface area contributed by atoms with Gasteiger partial charge in [0.05, 0.1) is 22.7 Å². The van der Waals surface area contributed by atoms with E-state index >= 15 is 0 Å². The van der Waals surface area contributed by atoms with Crippen LogP contribution in [-0.2, 0) is 16.6 Å². The van der Waals surface area contributed by atoms with Crippen molar-refractivity contribution in [1.82, 2.24) is 15.0 Å². The lowest BCUT2D eigenvalue weighted by molar-refractivity contribution is -0.116. The maximum absolute atomic E-state index is 11.3. The molecule has 5 heteroatoms. The minimum atomic E-state index is -0.0957. The number of hydrogen-bond acceptors (Lipinski definition) is 5. The zero-order valence-electron chi connectivity index (χ0n) is 13.4. The van der Waals surface area contributed by atoms with Crippen LogP contribution in [0.3, 0.4) is 0 Å². The second kappa shape index (κ2) is 5.64. The third-order valence-corrected chi connectivity index (χ3v) is 4.18. The van der Waals surface area contributed by atoms with Crippen LogP contribution < -0.4 is 0 Å². The van der Waals surface area contributed by atoms with E-state index in [-0.39, 0.29) is 11.2 Å². The molecule has 0 aliphatic carbocycles. The first-order valence-electron chi connectivity index (χ1n) is 6.99. The summed E-state index contributed by atoms with van der Waals surface area (Å²) in [7, 11) is 0. The van der Waals surface area contributed by atoms with E-state index < -0.39 is 0 Å². The van der Waals surface area contributed by atoms with Crippen molar-refractivity contribution in [3.63, 3.8) is 0 Å². The van der Waals surface area contributed by atoms with Crippen LogP contribution in [-0.4, -0.2) is 20.7 Å². The second-order valence-electron chi connectivity index (χ2n) is 6.37. The number of aromatic nitrogens is 3. The van der Waals surface area contributed by atoms with E-state index in [1.165, 1.54) is 0 Å². The van der Waals surface area contributed by atoms with Crippen LogP contribution in [0.4, 0.5) is 0 Å². The molecule has 0 saturated heterocycles. The van der Waals surface area contributed by atoms with Gasteiger partial charge in [0, 0.05) is 11.1 Å². The largest absolute Gasteiger partial charge is 0.300 e. The van der Waals surface area contributed by atoms with Crippen LogP contribution in [0.5, 0.6) is 0 Å². The highest BCUT2D eigenvalue weighted by molar-refractivity contribution is 7.15. The van der Waals surface area contributed by atoms with Gasteiger partial charge in [0.2, 0.25) is 0 Å². The van der Waals surface area contributed by atoms with Crippen LogP contribution in [0.25, 0.3) is 10.6 Å². The Balaban J connectivity index is 2.49. The van der Waals surface area contributed by atoms with Gasteiger partial charge in [0.25, 0.3) is 0 Å². The van der Waals surface area contributed by atoms with Gasteiger partial charge in [0.1, 0.15) is 16.6 Å². The number of hydrogen-bond donors (Lipinski definition) is 0. The molecule has 21 heavy (non-hydrogen) atoms. The maximum atomic E-state index is 11.3. The second-order valence-corrected chi connectivity index (χ2v) is 7.45. The molecule has 2 aromatic heterocycles. The van der Waals surface area contributed by atoms with Crippen LogP contribution in [0.1, 0.15) is 49.9 Å². The predicted molar refractivity (Wildman–Crippen MR) is 85.7 cm³/mol. The fourth-order valence-electron chi connectivity index (χ4n) is 2.00. The Hall–Kier alpha value is -1.62. The fourth-order valence-corrected chi connectivity index (χ4v) is 3.09. The molecule has 0 atom stereocenters. The first kappa shape index (κ1) is 15.8. The zero-order chi connectivity index (χ0) is 15.8. The van der Waals surface area contributed by atoms with Crippen molar-refractivity contribution in [3.05, 3.63) is 28.3 Å². The smallest absolute Gasteiger partial charge is 0.136 e. The quantitative estimate of drug-likeness (QED) is 0.868. The molecule has 0 aromatic carbocycles. The zero-order valence-corrected chi connectivity index (χ0v) is 14.3. The molecule has 0 aliphatic rings. The van der Waals surface area contributed by atoms with Gasteiger partial charge in [-0.3, -0.25) is 4.79 Å². The highest BCUT2D eigenvalue weighted by atomic mass is 32.1. The fraction of sp³-hybridized carbons (Fsp3) is 0.500. The molecule has 112 valence electrons. The molecule has 4 nitrogen and oxygen atoms in total. The lowest BCUT2D eigenvalue weighted by Crippen LogP contribution is -2.17. The summed E-state index contributed by atoms with van der Waals surface area (Å²) in [6, 6.07) is 1.98. The van der Waals surface area contributed by atoms with Crippen molar-refractivity contribution in [1.29, 1.82) is 0 Å². The molecule has 0 bridgehead atoms. The van der Waals surface area contributed by atoms with Gasteiger partial charge in [-0.15, -0.1) is 11.3 Å². The Labute approximate surface area is 129 Å². The number of ketones is 1. The van der Waals surface area contributed by atoms with Gasteiger partial charge in [-0.2, -0.15) is 0 Å². The lowest BCUT2D eigenvalue weighted by atomic mass is 9.95. The van der Waals surface area contributed by atoms with E-state index in [2.05, 4.69) is 30.7 Å². The number of aryl methyl sites for hydroxylation is 2. The summed E-state index contributed by atoms with van der Waals surface area (Å²) < 4.78 is 0. The van der Waals surface area contributed by atoms with Gasteiger partial charge in [-0.25, -0.2) is 15.0 Å². The van der Waals surface area contributed by atoms with Gasteiger partial charge >= 0.3 is 0 Å². The third kappa shape index (κ3) is 3.73. The average Bonchev–Trinajstić information content (AvgIpc) is 2.67. The molecule has 0 radical (unpaired) electrons. The molecule has 0 saturated carbocycles. The van der Waals surface area contributed by atoms with Gasteiger partial charge < -0.3 is 0 Å². The minimum Gasteiger partial charge on any atom is -0.300 e. The summed E-state index contributed by atoms with van der Waals surface area (Å²) >= 11 is 1.55. The SMILES string of the molecule is CC(=O)Cc1nc(C)c(-c2cc(C)nc(C(C)(C)C)n2)s1. The van der Waals surface area contributed by atoms with Crippen LogP contribution >= 0.6 is 11.3 Å². The van der Waals surface area contributed by atoms with E-state index in [4.69, 9.17) is 4.98 Å². The van der Waals surface area contributed by atoms with Crippen LogP contribution in [0.2, 0.25) is 0 Å². The Morgan fingerprint density at radius 2 is 1.86 bits per heavy atom. The summed E-state index contributed by atoms with van der Waals surface area (Å²) in [4.78, 5) is 26.0. The summed E-state index contributed by atoms with van der Waals surface area (Å²) in [6.07, 6.45) is 0.391. The van der Waals surface area contributed by atoms with Crippen LogP contribution in [0.15, 0.2) is 6.07 Å². The number of thiazole rings is 1. The lowest BCUT2D eigenvalue weighted by Gasteiger charge is -2.17. The van der Waals surface area contributed by atoms with Crippen molar-refractivity contribution in [3.8, 4) is 10.6 Å². The molecule has 0 spiro atoms. The highest BCUT2D eigenvalue weighted by Gasteiger charge is 2.20. The van der Waals surface area contributed by atoms with Gasteiger partial charge in [-0.05, 0) is 26.8 Å². The van der Waals surface area contributed by atoms with E-state index in [1.54, 1.807) is 18.3 Å². The summed E-state index contributed by atoms with van der Waals surface area (Å²) in [5, 5.41) is 0.851. The molecule has 2 rings (SSSR count). The number of carbonyl (C=O) groups is 1. The molecule has 0 fully saturated rings. The van der Waals surface area contributed by atoms with Gasteiger partial charge in [-0.1, -0.05) is 20.8 Å². The monoisotopic (exact) mass is 303 g/mol. The first-order valence-corrected chi connectivity index (χ1v) is 7.80. The van der Waals surface area contributed by atoms with Crippen molar-refractivity contribution in [2.45, 2.75) is 53.4 Å². The molecule has 0 amide bonds. The molecule has 2 heterocycles. The summed E-state index contributed by atoms with van der Waals surface area (Å²) in [5.41, 5.74) is 2.68. The number of nitrogens with zero attached hydrogens (tertiary/aromatic N) is 3. The van der Waals surface area contributed by atoms with E-state index in [0.717, 1.165) is 32.8 Å². The van der Waals surface area contributed by atoms with Crippen molar-refractivity contribution in [2.75, 3.05) is 0 Å². The topological polar surface area (TPSA) is 55.7 Å². The molecular formula is C16H21N3OS. The summed E-state index contributed by atoms with van der Waals surface area (Å²) in [6.45, 7) is 11.8. The maximum Gasteiger partial charge on any atom is 0.136 e. The van der Waals surface area contributed by atoms with Crippen molar-refractivity contribution < 1.29 is 4.79 Å². The van der Waals surface area contributed by atoms with E-state index in [0.29, 0.717) is 6.42 Å². The van der Waals surface area contributed by atoms with Crippen molar-refractivity contribution in [2.24, 2.45) is 0 Å². The Morgan fingerprint density at radius 1 is 1.19 bits per heavy atom.